The highest BCUT2D eigenvalue weighted by molar-refractivity contribution is 9.11. The molecule has 0 bridgehead atoms. The van der Waals surface area contributed by atoms with Crippen molar-refractivity contribution >= 4 is 37.8 Å². The Labute approximate surface area is 143 Å². The molecule has 1 heterocycles. The second-order valence-electron chi connectivity index (χ2n) is 4.19. The first-order valence-corrected chi connectivity index (χ1v) is 7.64. The molecule has 1 aromatic carbocycles. The molecule has 118 valence electrons. The van der Waals surface area contributed by atoms with E-state index in [0.717, 1.165) is 0 Å². The number of H-pyrrole nitrogens is 1. The number of ether oxygens (including phenoxy) is 3. The average molecular weight is 435 g/mol. The Morgan fingerprint density at radius 1 is 1.09 bits per heavy atom. The molecule has 1 aromatic heterocycles. The van der Waals surface area contributed by atoms with Gasteiger partial charge in [-0.3, -0.25) is 0 Å². The summed E-state index contributed by atoms with van der Waals surface area (Å²) in [6.45, 7) is 0. The molecule has 8 heteroatoms. The summed E-state index contributed by atoms with van der Waals surface area (Å²) < 4.78 is 17.0. The number of aromatic nitrogens is 1. The fourth-order valence-corrected chi connectivity index (χ4v) is 3.69. The van der Waals surface area contributed by atoms with Gasteiger partial charge in [0.2, 0.25) is 5.75 Å². The van der Waals surface area contributed by atoms with Gasteiger partial charge in [-0.15, -0.1) is 0 Å². The normalized spacial score (nSPS) is 10.4. The molecule has 0 aliphatic rings. The Hall–Kier alpha value is -1.67. The maximum atomic E-state index is 11.2. The van der Waals surface area contributed by atoms with Crippen LogP contribution in [0.5, 0.6) is 17.2 Å². The van der Waals surface area contributed by atoms with E-state index in [-0.39, 0.29) is 5.69 Å². The lowest BCUT2D eigenvalue weighted by molar-refractivity contribution is 0.0690. The lowest BCUT2D eigenvalue weighted by atomic mass is 10.1. The van der Waals surface area contributed by atoms with Gasteiger partial charge in [-0.1, -0.05) is 0 Å². The summed E-state index contributed by atoms with van der Waals surface area (Å²) in [6, 6.07) is 3.49. The first kappa shape index (κ1) is 16.7. The Morgan fingerprint density at radius 3 is 2.18 bits per heavy atom. The van der Waals surface area contributed by atoms with E-state index in [9.17, 15) is 9.90 Å². The second kappa shape index (κ2) is 6.62. The van der Waals surface area contributed by atoms with Crippen molar-refractivity contribution in [2.24, 2.45) is 0 Å². The summed E-state index contributed by atoms with van der Waals surface area (Å²) in [7, 11) is 4.54. The van der Waals surface area contributed by atoms with E-state index < -0.39 is 5.97 Å². The van der Waals surface area contributed by atoms with Gasteiger partial charge >= 0.3 is 5.97 Å². The lowest BCUT2D eigenvalue weighted by Gasteiger charge is -2.15. The van der Waals surface area contributed by atoms with Crippen LogP contribution in [0.1, 0.15) is 10.5 Å². The highest BCUT2D eigenvalue weighted by Gasteiger charge is 2.25. The van der Waals surface area contributed by atoms with Gasteiger partial charge in [-0.2, -0.15) is 0 Å². The van der Waals surface area contributed by atoms with Crippen molar-refractivity contribution in [2.75, 3.05) is 21.3 Å². The van der Waals surface area contributed by atoms with Gasteiger partial charge in [-0.05, 0) is 44.0 Å². The van der Waals surface area contributed by atoms with Gasteiger partial charge in [0.1, 0.15) is 5.69 Å². The van der Waals surface area contributed by atoms with Gasteiger partial charge in [0, 0.05) is 11.1 Å². The molecule has 0 unspecified atom stereocenters. The minimum absolute atomic E-state index is 0.0405. The Kier molecular flexibility index (Phi) is 5.02. The fraction of sp³-hybridized carbons (Fsp3) is 0.214. The first-order valence-electron chi connectivity index (χ1n) is 6.05. The number of aromatic amines is 1. The monoisotopic (exact) mass is 433 g/mol. The number of hydrogen-bond acceptors (Lipinski definition) is 4. The van der Waals surface area contributed by atoms with Gasteiger partial charge in [0.25, 0.3) is 0 Å². The third kappa shape index (κ3) is 2.68. The molecule has 0 atom stereocenters. The molecule has 22 heavy (non-hydrogen) atoms. The number of methoxy groups -OCH3 is 3. The lowest BCUT2D eigenvalue weighted by Crippen LogP contribution is -1.98. The molecular formula is C14H13Br2NO5. The van der Waals surface area contributed by atoms with E-state index in [2.05, 4.69) is 36.8 Å². The second-order valence-corrected chi connectivity index (χ2v) is 5.78. The number of rotatable bonds is 5. The standard InChI is InChI=1S/C14H13Br2NO5/c1-20-7-5-4-6(11(21-2)12(7)22-3)8-9(15)10(14(18)19)17-13(8)16/h4-5,17H,1-3H3,(H,18,19). The van der Waals surface area contributed by atoms with Gasteiger partial charge in [0.15, 0.2) is 11.5 Å². The summed E-state index contributed by atoms with van der Waals surface area (Å²) in [5.74, 6) is 0.321. The van der Waals surface area contributed by atoms with Crippen molar-refractivity contribution in [2.45, 2.75) is 0 Å². The largest absolute Gasteiger partial charge is 0.493 e. The molecule has 0 saturated carbocycles. The van der Waals surface area contributed by atoms with Crippen molar-refractivity contribution < 1.29 is 24.1 Å². The average Bonchev–Trinajstić information content (AvgIpc) is 2.80. The molecule has 2 rings (SSSR count). The number of halogens is 2. The van der Waals surface area contributed by atoms with Crippen molar-refractivity contribution in [3.8, 4) is 28.4 Å². The summed E-state index contributed by atoms with van der Waals surface area (Å²) in [5, 5.41) is 9.20. The smallest absolute Gasteiger partial charge is 0.353 e. The predicted molar refractivity (Wildman–Crippen MR) is 88.2 cm³/mol. The highest BCUT2D eigenvalue weighted by atomic mass is 79.9. The third-order valence-corrected chi connectivity index (χ3v) is 4.47. The topological polar surface area (TPSA) is 80.8 Å². The Morgan fingerprint density at radius 2 is 1.73 bits per heavy atom. The molecule has 6 nitrogen and oxygen atoms in total. The van der Waals surface area contributed by atoms with E-state index in [1.807, 2.05) is 0 Å². The molecule has 2 N–H and O–H groups in total. The molecular weight excluding hydrogens is 422 g/mol. The van der Waals surface area contributed by atoms with Crippen LogP contribution in [0.3, 0.4) is 0 Å². The van der Waals surface area contributed by atoms with Crippen LogP contribution in [-0.2, 0) is 0 Å². The first-order chi connectivity index (χ1) is 10.5. The predicted octanol–water partition coefficient (Wildman–Crippen LogP) is 3.93. The molecule has 0 amide bonds. The summed E-state index contributed by atoms with van der Waals surface area (Å²) in [6.07, 6.45) is 0. The minimum atomic E-state index is -1.07. The molecule has 0 aliphatic carbocycles. The van der Waals surface area contributed by atoms with E-state index in [0.29, 0.717) is 37.5 Å². The van der Waals surface area contributed by atoms with E-state index in [4.69, 9.17) is 14.2 Å². The zero-order chi connectivity index (χ0) is 16.4. The highest BCUT2D eigenvalue weighted by Crippen LogP contribution is 2.48. The third-order valence-electron chi connectivity index (χ3n) is 3.08. The number of carbonyl (C=O) groups is 1. The summed E-state index contributed by atoms with van der Waals surface area (Å²) in [5.41, 5.74) is 1.32. The molecule has 0 radical (unpaired) electrons. The molecule has 0 spiro atoms. The van der Waals surface area contributed by atoms with E-state index in [1.165, 1.54) is 21.3 Å². The minimum Gasteiger partial charge on any atom is -0.493 e. The molecule has 0 saturated heterocycles. The van der Waals surface area contributed by atoms with Crippen LogP contribution < -0.4 is 14.2 Å². The van der Waals surface area contributed by atoms with Crippen LogP contribution in [0.2, 0.25) is 0 Å². The fourth-order valence-electron chi connectivity index (χ4n) is 2.13. The quantitative estimate of drug-likeness (QED) is 0.745. The number of nitrogens with one attached hydrogen (secondary N) is 1. The van der Waals surface area contributed by atoms with Crippen LogP contribution in [0.15, 0.2) is 21.2 Å². The van der Waals surface area contributed by atoms with Crippen LogP contribution in [0, 0.1) is 0 Å². The van der Waals surface area contributed by atoms with Crippen molar-refractivity contribution in [1.29, 1.82) is 0 Å². The number of aromatic carboxylic acids is 1. The van der Waals surface area contributed by atoms with Crippen LogP contribution in [0.4, 0.5) is 0 Å². The number of carboxylic acid groups (broad SMARTS) is 1. The van der Waals surface area contributed by atoms with Gasteiger partial charge < -0.3 is 24.3 Å². The van der Waals surface area contributed by atoms with Gasteiger partial charge in [-0.25, -0.2) is 4.79 Å². The van der Waals surface area contributed by atoms with E-state index >= 15 is 0 Å². The zero-order valence-corrected chi connectivity index (χ0v) is 15.2. The van der Waals surface area contributed by atoms with Crippen molar-refractivity contribution in [1.82, 2.24) is 4.98 Å². The van der Waals surface area contributed by atoms with Crippen molar-refractivity contribution in [3.05, 3.63) is 26.9 Å². The Balaban J connectivity index is 2.76. The SMILES string of the molecule is COc1ccc(-c2c(Br)[nH]c(C(=O)O)c2Br)c(OC)c1OC. The van der Waals surface area contributed by atoms with Crippen LogP contribution in [-0.4, -0.2) is 37.4 Å². The van der Waals surface area contributed by atoms with Crippen molar-refractivity contribution in [3.63, 3.8) is 0 Å². The molecule has 0 aliphatic heterocycles. The zero-order valence-electron chi connectivity index (χ0n) is 12.0. The number of carboxylic acids is 1. The maximum Gasteiger partial charge on any atom is 0.353 e. The molecule has 0 fully saturated rings. The molecule has 2 aromatic rings. The van der Waals surface area contributed by atoms with Gasteiger partial charge in [0.05, 0.1) is 30.4 Å². The summed E-state index contributed by atoms with van der Waals surface area (Å²) >= 11 is 6.66. The number of benzene rings is 1. The maximum absolute atomic E-state index is 11.2. The summed E-state index contributed by atoms with van der Waals surface area (Å²) in [4.78, 5) is 14.0. The number of hydrogen-bond donors (Lipinski definition) is 2. The van der Waals surface area contributed by atoms with Crippen LogP contribution >= 0.6 is 31.9 Å². The Bertz CT molecular complexity index is 727. The van der Waals surface area contributed by atoms with E-state index in [1.54, 1.807) is 12.1 Å². The van der Waals surface area contributed by atoms with Crippen LogP contribution in [0.25, 0.3) is 11.1 Å².